The van der Waals surface area contributed by atoms with E-state index in [4.69, 9.17) is 0 Å². The minimum absolute atomic E-state index is 0.279. The fourth-order valence-electron chi connectivity index (χ4n) is 3.96. The van der Waals surface area contributed by atoms with Crippen LogP contribution in [0, 0.1) is 17.3 Å². The molecule has 0 aromatic carbocycles. The van der Waals surface area contributed by atoms with E-state index >= 15 is 0 Å². The maximum Gasteiger partial charge on any atom is 0.261 e. The third-order valence-corrected chi connectivity index (χ3v) is 5.23. The molecule has 3 heterocycles. The molecule has 0 saturated heterocycles. The number of H-pyrrole nitrogens is 1. The van der Waals surface area contributed by atoms with E-state index in [0.717, 1.165) is 32.1 Å². The normalized spacial score (nSPS) is 16.1. The fraction of sp³-hybridized carbons (Fsp3) is 0.368. The Balaban J connectivity index is 1.88. The molecule has 1 aliphatic rings. The van der Waals surface area contributed by atoms with Crippen LogP contribution in [0.25, 0.3) is 10.9 Å². The predicted molar refractivity (Wildman–Crippen MR) is 99.1 cm³/mol. The maximum atomic E-state index is 13.4. The van der Waals surface area contributed by atoms with Crippen molar-refractivity contribution in [1.82, 2.24) is 19.7 Å². The summed E-state index contributed by atoms with van der Waals surface area (Å²) >= 11 is 0. The first-order chi connectivity index (χ1) is 13.1. The number of hydrogen-bond donors (Lipinski definition) is 2. The summed E-state index contributed by atoms with van der Waals surface area (Å²) in [6, 6.07) is 6.95. The third-order valence-electron chi connectivity index (χ3n) is 5.23. The molecule has 7 nitrogen and oxygen atoms in total. The zero-order chi connectivity index (χ0) is 18.9. The van der Waals surface area contributed by atoms with E-state index in [1.54, 1.807) is 18.3 Å². The number of pyridine rings is 2. The van der Waals surface area contributed by atoms with Crippen molar-refractivity contribution in [3.05, 3.63) is 46.9 Å². The van der Waals surface area contributed by atoms with Gasteiger partial charge < -0.3 is 10.3 Å². The van der Waals surface area contributed by atoms with Crippen molar-refractivity contribution in [3.8, 4) is 6.07 Å². The number of aromatic nitrogens is 4. The van der Waals surface area contributed by atoms with E-state index in [-0.39, 0.29) is 5.56 Å². The van der Waals surface area contributed by atoms with E-state index in [9.17, 15) is 14.4 Å². The second kappa shape index (κ2) is 6.83. The largest absolute Gasteiger partial charge is 0.338 e. The van der Waals surface area contributed by atoms with Crippen LogP contribution in [0.15, 0.2) is 35.4 Å². The zero-order valence-corrected chi connectivity index (χ0v) is 14.7. The summed E-state index contributed by atoms with van der Waals surface area (Å²) in [4.78, 5) is 18.7. The highest BCUT2D eigenvalue weighted by Gasteiger charge is 2.37. The number of anilines is 2. The van der Waals surface area contributed by atoms with E-state index in [1.165, 1.54) is 12.3 Å². The lowest BCUT2D eigenvalue weighted by Crippen LogP contribution is -2.36. The second-order valence-corrected chi connectivity index (χ2v) is 6.94. The second-order valence-electron chi connectivity index (χ2n) is 6.94. The van der Waals surface area contributed by atoms with Gasteiger partial charge in [-0.2, -0.15) is 14.8 Å². The quantitative estimate of drug-likeness (QED) is 0.688. The highest BCUT2D eigenvalue weighted by molar-refractivity contribution is 5.91. The summed E-state index contributed by atoms with van der Waals surface area (Å²) in [7, 11) is 0. The van der Waals surface area contributed by atoms with Crippen molar-refractivity contribution >= 4 is 22.4 Å². The average Bonchev–Trinajstić information content (AvgIpc) is 3.03. The molecule has 2 N–H and O–H groups in total. The molecular weight excluding hydrogens is 347 g/mol. The summed E-state index contributed by atoms with van der Waals surface area (Å²) in [5.41, 5.74) is 0.421. The van der Waals surface area contributed by atoms with Gasteiger partial charge in [0.25, 0.3) is 5.56 Å². The molecule has 0 bridgehead atoms. The molecule has 0 unspecified atom stereocenters. The summed E-state index contributed by atoms with van der Waals surface area (Å²) in [5.74, 6) is -0.272. The van der Waals surface area contributed by atoms with Crippen molar-refractivity contribution in [2.45, 2.75) is 44.1 Å². The summed E-state index contributed by atoms with van der Waals surface area (Å²) in [6.07, 6.45) is 8.12. The molecule has 27 heavy (non-hydrogen) atoms. The van der Waals surface area contributed by atoms with Crippen molar-refractivity contribution in [3.63, 3.8) is 0 Å². The number of rotatable bonds is 4. The van der Waals surface area contributed by atoms with Gasteiger partial charge in [0.2, 0.25) is 5.95 Å². The van der Waals surface area contributed by atoms with Gasteiger partial charge in [-0.3, -0.25) is 9.48 Å². The van der Waals surface area contributed by atoms with E-state index in [2.05, 4.69) is 26.5 Å². The van der Waals surface area contributed by atoms with Gasteiger partial charge in [0, 0.05) is 24.1 Å². The van der Waals surface area contributed by atoms with Crippen LogP contribution >= 0.6 is 0 Å². The van der Waals surface area contributed by atoms with Crippen LogP contribution in [-0.2, 0) is 5.54 Å². The Morgan fingerprint density at radius 1 is 1.33 bits per heavy atom. The Labute approximate surface area is 154 Å². The van der Waals surface area contributed by atoms with Gasteiger partial charge in [0.05, 0.1) is 23.5 Å². The number of nitriles is 1. The number of halogens is 1. The van der Waals surface area contributed by atoms with Gasteiger partial charge in [0.1, 0.15) is 5.39 Å². The molecule has 4 rings (SSSR count). The number of aromatic amines is 1. The molecule has 3 aromatic rings. The number of hydrogen-bond acceptors (Lipinski definition) is 5. The highest BCUT2D eigenvalue weighted by Crippen LogP contribution is 2.40. The van der Waals surface area contributed by atoms with Gasteiger partial charge >= 0.3 is 0 Å². The predicted octanol–water partition coefficient (Wildman–Crippen LogP) is 3.58. The van der Waals surface area contributed by atoms with Crippen LogP contribution in [0.1, 0.15) is 38.5 Å². The summed E-state index contributed by atoms with van der Waals surface area (Å²) < 4.78 is 15.3. The van der Waals surface area contributed by atoms with Crippen LogP contribution in [0.4, 0.5) is 15.9 Å². The molecular formula is C19H19FN6O. The molecule has 0 spiro atoms. The topological polar surface area (TPSA) is 99.4 Å². The van der Waals surface area contributed by atoms with Crippen LogP contribution in [-0.4, -0.2) is 19.7 Å². The monoisotopic (exact) mass is 366 g/mol. The molecule has 138 valence electrons. The summed E-state index contributed by atoms with van der Waals surface area (Å²) in [6.45, 7) is 0. The molecule has 1 aliphatic carbocycles. The molecule has 0 aliphatic heterocycles. The molecule has 0 amide bonds. The standard InChI is InChI=1S/C19H19FN6O/c20-15-12-13(4-10-22-15)24-17-16-14(5-11-23-18(16)27)26(25-17)19(8-9-21)6-2-1-3-7-19/h4-5,10-12H,1-3,6-8H2,(H,23,27)(H,22,24,25). The minimum atomic E-state index is -0.620. The average molecular weight is 366 g/mol. The molecule has 3 aromatic heterocycles. The smallest absolute Gasteiger partial charge is 0.261 e. The Bertz CT molecular complexity index is 1070. The van der Waals surface area contributed by atoms with Crippen molar-refractivity contribution < 1.29 is 4.39 Å². The Morgan fingerprint density at radius 3 is 2.89 bits per heavy atom. The van der Waals surface area contributed by atoms with Crippen LogP contribution in [0.5, 0.6) is 0 Å². The van der Waals surface area contributed by atoms with Crippen LogP contribution in [0.2, 0.25) is 0 Å². The van der Waals surface area contributed by atoms with E-state index < -0.39 is 11.5 Å². The van der Waals surface area contributed by atoms with Gasteiger partial charge in [-0.15, -0.1) is 0 Å². The number of nitrogens with zero attached hydrogens (tertiary/aromatic N) is 4. The molecule has 1 fully saturated rings. The third kappa shape index (κ3) is 3.05. The zero-order valence-electron chi connectivity index (χ0n) is 14.7. The SMILES string of the molecule is N#CCC1(n2nc(Nc3ccnc(F)c3)c3c(=O)[nH]ccc32)CCCCC1. The van der Waals surface area contributed by atoms with Gasteiger partial charge in [0.15, 0.2) is 5.82 Å². The lowest BCUT2D eigenvalue weighted by molar-refractivity contribution is 0.185. The Hall–Kier alpha value is -3.21. The summed E-state index contributed by atoms with van der Waals surface area (Å²) in [5, 5.41) is 17.5. The maximum absolute atomic E-state index is 13.4. The Morgan fingerprint density at radius 2 is 2.15 bits per heavy atom. The van der Waals surface area contributed by atoms with Gasteiger partial charge in [-0.05, 0) is 25.0 Å². The lowest BCUT2D eigenvalue weighted by atomic mass is 9.79. The number of nitrogens with one attached hydrogen (secondary N) is 2. The van der Waals surface area contributed by atoms with Crippen LogP contribution in [0.3, 0.4) is 0 Å². The van der Waals surface area contributed by atoms with Crippen molar-refractivity contribution in [2.75, 3.05) is 5.32 Å². The minimum Gasteiger partial charge on any atom is -0.338 e. The first-order valence-electron chi connectivity index (χ1n) is 8.99. The van der Waals surface area contributed by atoms with Crippen LogP contribution < -0.4 is 10.9 Å². The van der Waals surface area contributed by atoms with Crippen molar-refractivity contribution in [1.29, 1.82) is 5.26 Å². The molecule has 0 radical (unpaired) electrons. The van der Waals surface area contributed by atoms with Crippen molar-refractivity contribution in [2.24, 2.45) is 0 Å². The lowest BCUT2D eigenvalue weighted by Gasteiger charge is -2.36. The molecule has 1 saturated carbocycles. The number of fused-ring (bicyclic) bond motifs is 1. The highest BCUT2D eigenvalue weighted by atomic mass is 19.1. The molecule has 8 heteroatoms. The first-order valence-corrected chi connectivity index (χ1v) is 8.99. The van der Waals surface area contributed by atoms with E-state index in [1.807, 2.05) is 4.68 Å². The first kappa shape index (κ1) is 17.2. The Kier molecular flexibility index (Phi) is 4.36. The van der Waals surface area contributed by atoms with E-state index in [0.29, 0.717) is 28.8 Å². The molecule has 0 atom stereocenters. The van der Waals surface area contributed by atoms with Gasteiger partial charge in [-0.25, -0.2) is 4.98 Å². The fourth-order valence-corrected chi connectivity index (χ4v) is 3.96. The van der Waals surface area contributed by atoms with Gasteiger partial charge in [-0.1, -0.05) is 19.3 Å².